The predicted molar refractivity (Wildman–Crippen MR) is 47.5 cm³/mol. The SMILES string of the molecule is Cc1nc(NC(N)=O)[nH]c(=O)c1C. The molecule has 0 saturated carbocycles. The number of aromatic amines is 1. The van der Waals surface area contributed by atoms with Gasteiger partial charge in [-0.2, -0.15) is 0 Å². The Kier molecular flexibility index (Phi) is 2.32. The zero-order chi connectivity index (χ0) is 10.0. The molecule has 2 amide bonds. The topological polar surface area (TPSA) is 101 Å². The van der Waals surface area contributed by atoms with Crippen LogP contribution in [0.15, 0.2) is 4.79 Å². The average molecular weight is 182 g/mol. The Bertz CT molecular complexity index is 396. The highest BCUT2D eigenvalue weighted by Gasteiger charge is 2.03. The highest BCUT2D eigenvalue weighted by Crippen LogP contribution is 1.99. The third-order valence-corrected chi connectivity index (χ3v) is 1.64. The monoisotopic (exact) mass is 182 g/mol. The van der Waals surface area contributed by atoms with E-state index in [0.29, 0.717) is 11.3 Å². The van der Waals surface area contributed by atoms with E-state index < -0.39 is 6.03 Å². The van der Waals surface area contributed by atoms with Gasteiger partial charge < -0.3 is 5.73 Å². The highest BCUT2D eigenvalue weighted by molar-refractivity contribution is 5.85. The molecule has 0 aliphatic carbocycles. The summed E-state index contributed by atoms with van der Waals surface area (Å²) in [4.78, 5) is 27.9. The van der Waals surface area contributed by atoms with Crippen molar-refractivity contribution in [2.45, 2.75) is 13.8 Å². The first kappa shape index (κ1) is 9.24. The quantitative estimate of drug-likeness (QED) is 0.564. The number of hydrogen-bond donors (Lipinski definition) is 3. The lowest BCUT2D eigenvalue weighted by atomic mass is 10.3. The van der Waals surface area contributed by atoms with Crippen molar-refractivity contribution in [2.75, 3.05) is 5.32 Å². The van der Waals surface area contributed by atoms with Crippen LogP contribution in [0.3, 0.4) is 0 Å². The van der Waals surface area contributed by atoms with Gasteiger partial charge in [0.1, 0.15) is 0 Å². The van der Waals surface area contributed by atoms with Crippen LogP contribution in [0.5, 0.6) is 0 Å². The minimum atomic E-state index is -0.758. The van der Waals surface area contributed by atoms with Crippen molar-refractivity contribution in [3.63, 3.8) is 0 Å². The number of nitrogens with two attached hydrogens (primary N) is 1. The molecule has 0 unspecified atom stereocenters. The van der Waals surface area contributed by atoms with E-state index in [4.69, 9.17) is 5.73 Å². The van der Waals surface area contributed by atoms with Gasteiger partial charge in [-0.15, -0.1) is 0 Å². The summed E-state index contributed by atoms with van der Waals surface area (Å²) < 4.78 is 0. The molecule has 0 atom stereocenters. The van der Waals surface area contributed by atoms with E-state index in [2.05, 4.69) is 15.3 Å². The molecule has 1 aromatic heterocycles. The van der Waals surface area contributed by atoms with E-state index >= 15 is 0 Å². The fourth-order valence-electron chi connectivity index (χ4n) is 0.821. The molecule has 1 rings (SSSR count). The number of aryl methyl sites for hydroxylation is 1. The second-order valence-electron chi connectivity index (χ2n) is 2.61. The number of primary amides is 1. The number of H-pyrrole nitrogens is 1. The van der Waals surface area contributed by atoms with Gasteiger partial charge in [-0.25, -0.2) is 9.78 Å². The van der Waals surface area contributed by atoms with E-state index in [1.54, 1.807) is 13.8 Å². The second kappa shape index (κ2) is 3.26. The van der Waals surface area contributed by atoms with Crippen LogP contribution >= 0.6 is 0 Å². The Hall–Kier alpha value is -1.85. The Morgan fingerprint density at radius 1 is 1.54 bits per heavy atom. The van der Waals surface area contributed by atoms with Gasteiger partial charge in [-0.05, 0) is 13.8 Å². The van der Waals surface area contributed by atoms with Crippen molar-refractivity contribution in [3.05, 3.63) is 21.6 Å². The number of carbonyl (C=O) groups is 1. The van der Waals surface area contributed by atoms with E-state index in [0.717, 1.165) is 0 Å². The maximum absolute atomic E-state index is 11.2. The Labute approximate surface area is 74.2 Å². The second-order valence-corrected chi connectivity index (χ2v) is 2.61. The van der Waals surface area contributed by atoms with Crippen LogP contribution in [0, 0.1) is 13.8 Å². The molecule has 0 bridgehead atoms. The van der Waals surface area contributed by atoms with Crippen molar-refractivity contribution in [2.24, 2.45) is 5.73 Å². The molecular formula is C7H10N4O2. The molecule has 0 spiro atoms. The first-order valence-corrected chi connectivity index (χ1v) is 3.64. The zero-order valence-corrected chi connectivity index (χ0v) is 7.34. The Morgan fingerprint density at radius 2 is 2.15 bits per heavy atom. The van der Waals surface area contributed by atoms with Gasteiger partial charge in [0.2, 0.25) is 5.95 Å². The van der Waals surface area contributed by atoms with Crippen molar-refractivity contribution >= 4 is 12.0 Å². The van der Waals surface area contributed by atoms with Gasteiger partial charge in [0, 0.05) is 11.3 Å². The molecule has 4 N–H and O–H groups in total. The highest BCUT2D eigenvalue weighted by atomic mass is 16.2. The lowest BCUT2D eigenvalue weighted by molar-refractivity contribution is 0.259. The van der Waals surface area contributed by atoms with E-state index in [-0.39, 0.29) is 11.5 Å². The number of carbonyl (C=O) groups excluding carboxylic acids is 1. The molecular weight excluding hydrogens is 172 g/mol. The third kappa shape index (κ3) is 2.05. The van der Waals surface area contributed by atoms with E-state index in [1.807, 2.05) is 0 Å². The first-order chi connectivity index (χ1) is 6.00. The standard InChI is InChI=1S/C7H10N4O2/c1-3-4(2)9-7(10-5(3)12)11-6(8)13/h1-2H3,(H4,8,9,10,11,12,13). The molecule has 70 valence electrons. The predicted octanol–water partition coefficient (Wildman–Crippen LogP) is -0.123. The molecule has 6 heteroatoms. The summed E-state index contributed by atoms with van der Waals surface area (Å²) in [6.07, 6.45) is 0. The van der Waals surface area contributed by atoms with Crippen molar-refractivity contribution in [1.82, 2.24) is 9.97 Å². The minimum absolute atomic E-state index is 0.0700. The third-order valence-electron chi connectivity index (χ3n) is 1.64. The zero-order valence-electron chi connectivity index (χ0n) is 7.34. The van der Waals surface area contributed by atoms with Crippen LogP contribution in [-0.2, 0) is 0 Å². The van der Waals surface area contributed by atoms with Crippen molar-refractivity contribution in [3.8, 4) is 0 Å². The molecule has 6 nitrogen and oxygen atoms in total. The number of nitrogens with one attached hydrogen (secondary N) is 2. The molecule has 1 heterocycles. The van der Waals surface area contributed by atoms with Crippen molar-refractivity contribution < 1.29 is 4.79 Å². The average Bonchev–Trinajstić information content (AvgIpc) is 1.98. The van der Waals surface area contributed by atoms with Crippen LogP contribution in [0.4, 0.5) is 10.7 Å². The lowest BCUT2D eigenvalue weighted by Gasteiger charge is -2.02. The summed E-state index contributed by atoms with van der Waals surface area (Å²) in [5.74, 6) is 0.0700. The minimum Gasteiger partial charge on any atom is -0.351 e. The molecule has 0 fully saturated rings. The first-order valence-electron chi connectivity index (χ1n) is 3.64. The van der Waals surface area contributed by atoms with Crippen LogP contribution in [0.2, 0.25) is 0 Å². The summed E-state index contributed by atoms with van der Waals surface area (Å²) in [6.45, 7) is 3.33. The summed E-state index contributed by atoms with van der Waals surface area (Å²) in [5.41, 5.74) is 5.66. The van der Waals surface area contributed by atoms with Crippen LogP contribution in [-0.4, -0.2) is 16.0 Å². The summed E-state index contributed by atoms with van der Waals surface area (Å²) >= 11 is 0. The van der Waals surface area contributed by atoms with Crippen LogP contribution in [0.1, 0.15) is 11.3 Å². The van der Waals surface area contributed by atoms with Crippen LogP contribution < -0.4 is 16.6 Å². The normalized spacial score (nSPS) is 9.69. The maximum Gasteiger partial charge on any atom is 0.318 e. The number of amides is 2. The fourth-order valence-corrected chi connectivity index (χ4v) is 0.821. The largest absolute Gasteiger partial charge is 0.351 e. The van der Waals surface area contributed by atoms with Gasteiger partial charge in [0.05, 0.1) is 0 Å². The smallest absolute Gasteiger partial charge is 0.318 e. The lowest BCUT2D eigenvalue weighted by Crippen LogP contribution is -2.24. The number of nitrogens with zero attached hydrogens (tertiary/aromatic N) is 1. The molecule has 0 saturated heterocycles. The summed E-state index contributed by atoms with van der Waals surface area (Å²) in [5, 5.41) is 2.19. The van der Waals surface area contributed by atoms with E-state index in [1.165, 1.54) is 0 Å². The van der Waals surface area contributed by atoms with Gasteiger partial charge in [-0.3, -0.25) is 15.1 Å². The summed E-state index contributed by atoms with van der Waals surface area (Å²) in [7, 11) is 0. The van der Waals surface area contributed by atoms with Gasteiger partial charge in [0.25, 0.3) is 5.56 Å². The molecule has 0 aliphatic rings. The maximum atomic E-state index is 11.2. The molecule has 0 radical (unpaired) electrons. The number of rotatable bonds is 1. The van der Waals surface area contributed by atoms with Gasteiger partial charge in [0.15, 0.2) is 0 Å². The Balaban J connectivity index is 3.13. The fraction of sp³-hybridized carbons (Fsp3) is 0.286. The number of aromatic nitrogens is 2. The molecule has 0 aromatic carbocycles. The van der Waals surface area contributed by atoms with Gasteiger partial charge in [-0.1, -0.05) is 0 Å². The molecule has 13 heavy (non-hydrogen) atoms. The Morgan fingerprint density at radius 3 is 2.62 bits per heavy atom. The van der Waals surface area contributed by atoms with Gasteiger partial charge >= 0.3 is 6.03 Å². The number of hydrogen-bond acceptors (Lipinski definition) is 3. The number of urea groups is 1. The van der Waals surface area contributed by atoms with Crippen molar-refractivity contribution in [1.29, 1.82) is 0 Å². The van der Waals surface area contributed by atoms with Crippen LogP contribution in [0.25, 0.3) is 0 Å². The van der Waals surface area contributed by atoms with E-state index in [9.17, 15) is 9.59 Å². The summed E-state index contributed by atoms with van der Waals surface area (Å²) in [6, 6.07) is -0.758. The molecule has 0 aliphatic heterocycles. The number of anilines is 1. The molecule has 1 aromatic rings.